The molecule has 0 amide bonds. The van der Waals surface area contributed by atoms with E-state index in [0.717, 1.165) is 108 Å². The van der Waals surface area contributed by atoms with E-state index in [2.05, 4.69) is 41.5 Å². The molecule has 3 N–H and O–H groups in total. The van der Waals surface area contributed by atoms with Crippen molar-refractivity contribution in [2.45, 2.75) is 400 Å². The Morgan fingerprint density at radius 1 is 0.290 bits per heavy atom. The van der Waals surface area contributed by atoms with Crippen LogP contribution in [-0.2, 0) is 65.4 Å². The van der Waals surface area contributed by atoms with E-state index in [0.29, 0.717) is 25.7 Å². The fourth-order valence-electron chi connectivity index (χ4n) is 11.3. The van der Waals surface area contributed by atoms with Crippen LogP contribution in [0, 0.1) is 11.8 Å². The number of ether oxygens (including phenoxy) is 4. The SMILES string of the molecule is CCCCCCCCCCCCC(=O)O[C@H](COC(=O)CCCCCCCCCC)COP(=O)(O)OC[C@H](O)COP(=O)(O)OC[C@@H](COC(=O)CCCCCCCCCCCCCC(C)C)OC(=O)CCCCCCCCCCCCCCCCCCCCC(C)C. The summed E-state index contributed by atoms with van der Waals surface area (Å²) in [6.07, 6.45) is 52.8. The van der Waals surface area contributed by atoms with Crippen LogP contribution in [0.15, 0.2) is 0 Å². The minimum Gasteiger partial charge on any atom is -0.462 e. The van der Waals surface area contributed by atoms with Gasteiger partial charge in [0.05, 0.1) is 26.4 Å². The van der Waals surface area contributed by atoms with Crippen LogP contribution < -0.4 is 0 Å². The van der Waals surface area contributed by atoms with Crippen LogP contribution in [0.1, 0.15) is 382 Å². The molecule has 0 aromatic heterocycles. The van der Waals surface area contributed by atoms with Crippen molar-refractivity contribution in [2.75, 3.05) is 39.6 Å². The van der Waals surface area contributed by atoms with Crippen LogP contribution >= 0.6 is 15.6 Å². The lowest BCUT2D eigenvalue weighted by atomic mass is 10.0. The summed E-state index contributed by atoms with van der Waals surface area (Å²) in [5, 5.41) is 10.6. The van der Waals surface area contributed by atoms with Gasteiger partial charge in [-0.05, 0) is 37.5 Å². The first kappa shape index (κ1) is 91.1. The van der Waals surface area contributed by atoms with Gasteiger partial charge < -0.3 is 33.8 Å². The number of phosphoric ester groups is 2. The van der Waals surface area contributed by atoms with Crippen LogP contribution in [0.4, 0.5) is 0 Å². The second-order valence-corrected chi connectivity index (χ2v) is 30.5. The molecular formula is C74H144O17P2. The van der Waals surface area contributed by atoms with E-state index in [1.807, 2.05) is 0 Å². The highest BCUT2D eigenvalue weighted by Gasteiger charge is 2.30. The molecule has 552 valence electrons. The van der Waals surface area contributed by atoms with Crippen LogP contribution in [0.25, 0.3) is 0 Å². The summed E-state index contributed by atoms with van der Waals surface area (Å²) < 4.78 is 68.3. The van der Waals surface area contributed by atoms with Gasteiger partial charge in [0.25, 0.3) is 0 Å². The molecule has 93 heavy (non-hydrogen) atoms. The summed E-state index contributed by atoms with van der Waals surface area (Å²) in [6.45, 7) is 9.58. The molecule has 2 unspecified atom stereocenters. The predicted molar refractivity (Wildman–Crippen MR) is 377 cm³/mol. The van der Waals surface area contributed by atoms with Gasteiger partial charge in [-0.25, -0.2) is 9.13 Å². The molecule has 0 radical (unpaired) electrons. The van der Waals surface area contributed by atoms with Gasteiger partial charge in [0.15, 0.2) is 12.2 Å². The smallest absolute Gasteiger partial charge is 0.462 e. The maximum Gasteiger partial charge on any atom is 0.472 e. The number of unbranched alkanes of at least 4 members (excludes halogenated alkanes) is 43. The Morgan fingerprint density at radius 3 is 0.731 bits per heavy atom. The molecule has 0 spiro atoms. The number of carbonyl (C=O) groups is 4. The Hall–Kier alpha value is -1.94. The molecule has 0 saturated heterocycles. The number of esters is 4. The van der Waals surface area contributed by atoms with E-state index in [1.54, 1.807) is 0 Å². The zero-order chi connectivity index (χ0) is 68.6. The molecule has 0 heterocycles. The number of phosphoric acid groups is 2. The zero-order valence-corrected chi connectivity index (χ0v) is 62.3. The third kappa shape index (κ3) is 68.4. The molecule has 0 rings (SSSR count). The maximum absolute atomic E-state index is 13.1. The van der Waals surface area contributed by atoms with E-state index in [-0.39, 0.29) is 25.7 Å². The first-order valence-electron chi connectivity index (χ1n) is 38.5. The van der Waals surface area contributed by atoms with Crippen molar-refractivity contribution >= 4 is 39.5 Å². The molecule has 0 aromatic rings. The lowest BCUT2D eigenvalue weighted by Crippen LogP contribution is -2.30. The summed E-state index contributed by atoms with van der Waals surface area (Å²) in [7, 11) is -9.90. The van der Waals surface area contributed by atoms with Gasteiger partial charge in [0.1, 0.15) is 19.3 Å². The molecule has 0 aliphatic rings. The van der Waals surface area contributed by atoms with E-state index in [9.17, 15) is 43.2 Å². The molecule has 0 aliphatic carbocycles. The lowest BCUT2D eigenvalue weighted by molar-refractivity contribution is -0.161. The number of hydrogen-bond donors (Lipinski definition) is 3. The molecular weight excluding hydrogens is 1220 g/mol. The van der Waals surface area contributed by atoms with Gasteiger partial charge in [-0.1, -0.05) is 330 Å². The largest absolute Gasteiger partial charge is 0.472 e. The average molecular weight is 1370 g/mol. The number of rotatable bonds is 73. The Kier molecular flexibility index (Phi) is 64.6. The van der Waals surface area contributed by atoms with Gasteiger partial charge in [0.2, 0.25) is 0 Å². The average Bonchev–Trinajstić information content (AvgIpc) is 3.13. The first-order chi connectivity index (χ1) is 44.9. The summed E-state index contributed by atoms with van der Waals surface area (Å²) in [6, 6.07) is 0. The predicted octanol–water partition coefficient (Wildman–Crippen LogP) is 21.6. The maximum atomic E-state index is 13.1. The highest BCUT2D eigenvalue weighted by Crippen LogP contribution is 2.45. The van der Waals surface area contributed by atoms with Crippen LogP contribution in [0.2, 0.25) is 0 Å². The molecule has 0 saturated carbocycles. The molecule has 0 bridgehead atoms. The Bertz CT molecular complexity index is 1800. The standard InChI is InChI=1S/C74H144O17P2/c1-7-9-11-13-15-17-33-40-46-52-58-73(78)90-69(62-84-71(76)56-50-44-38-16-14-12-10-8-2)64-88-92(80,81)86-60-68(75)61-87-93(82,83)89-65-70(63-85-72(77)57-51-45-39-34-30-26-28-32-37-43-49-55-67(5)6)91-74(79)59-53-47-41-35-29-25-23-21-19-18-20-22-24-27-31-36-42-48-54-66(3)4/h66-70,75H,7-65H2,1-6H3,(H,80,81)(H,82,83)/t68-,69+,70+/m0/s1. The van der Waals surface area contributed by atoms with Crippen LogP contribution in [0.3, 0.4) is 0 Å². The molecule has 17 nitrogen and oxygen atoms in total. The lowest BCUT2D eigenvalue weighted by Gasteiger charge is -2.21. The third-order valence-electron chi connectivity index (χ3n) is 17.2. The molecule has 0 aromatic carbocycles. The van der Waals surface area contributed by atoms with Gasteiger partial charge in [-0.3, -0.25) is 37.3 Å². The molecule has 0 aliphatic heterocycles. The van der Waals surface area contributed by atoms with Crippen molar-refractivity contribution < 1.29 is 80.2 Å². The number of carbonyl (C=O) groups excluding carboxylic acids is 4. The van der Waals surface area contributed by atoms with Crippen molar-refractivity contribution in [1.29, 1.82) is 0 Å². The van der Waals surface area contributed by atoms with E-state index >= 15 is 0 Å². The van der Waals surface area contributed by atoms with E-state index in [1.165, 1.54) is 193 Å². The van der Waals surface area contributed by atoms with Gasteiger partial charge in [-0.2, -0.15) is 0 Å². The van der Waals surface area contributed by atoms with Crippen molar-refractivity contribution in [2.24, 2.45) is 11.8 Å². The van der Waals surface area contributed by atoms with Crippen molar-refractivity contribution in [3.05, 3.63) is 0 Å². The van der Waals surface area contributed by atoms with Gasteiger partial charge >= 0.3 is 39.5 Å². The van der Waals surface area contributed by atoms with E-state index < -0.39 is 97.5 Å². The summed E-state index contributed by atoms with van der Waals surface area (Å²) >= 11 is 0. The second-order valence-electron chi connectivity index (χ2n) is 27.6. The quantitative estimate of drug-likeness (QED) is 0.0222. The topological polar surface area (TPSA) is 237 Å². The van der Waals surface area contributed by atoms with Crippen molar-refractivity contribution in [3.8, 4) is 0 Å². The fourth-order valence-corrected chi connectivity index (χ4v) is 12.9. The highest BCUT2D eigenvalue weighted by atomic mass is 31.2. The Balaban J connectivity index is 5.17. The molecule has 0 fully saturated rings. The molecule has 19 heteroatoms. The summed E-state index contributed by atoms with van der Waals surface area (Å²) in [5.41, 5.74) is 0. The first-order valence-corrected chi connectivity index (χ1v) is 41.5. The molecule has 5 atom stereocenters. The summed E-state index contributed by atoms with van der Waals surface area (Å²) in [5.74, 6) is -0.530. The summed E-state index contributed by atoms with van der Waals surface area (Å²) in [4.78, 5) is 72.6. The minimum absolute atomic E-state index is 0.106. The minimum atomic E-state index is -4.95. The van der Waals surface area contributed by atoms with E-state index in [4.69, 9.17) is 37.0 Å². The van der Waals surface area contributed by atoms with Crippen LogP contribution in [0.5, 0.6) is 0 Å². The van der Waals surface area contributed by atoms with Crippen LogP contribution in [-0.4, -0.2) is 96.7 Å². The normalized spacial score (nSPS) is 14.1. The number of aliphatic hydroxyl groups excluding tert-OH is 1. The Morgan fingerprint density at radius 2 is 0.495 bits per heavy atom. The fraction of sp³-hybridized carbons (Fsp3) is 0.946. The monoisotopic (exact) mass is 1370 g/mol. The van der Waals surface area contributed by atoms with Gasteiger partial charge in [-0.15, -0.1) is 0 Å². The number of hydrogen-bond acceptors (Lipinski definition) is 15. The van der Waals surface area contributed by atoms with Crippen molar-refractivity contribution in [3.63, 3.8) is 0 Å². The zero-order valence-electron chi connectivity index (χ0n) is 60.6. The highest BCUT2D eigenvalue weighted by molar-refractivity contribution is 7.47. The second kappa shape index (κ2) is 66.0. The Labute approximate surface area is 568 Å². The number of aliphatic hydroxyl groups is 1. The van der Waals surface area contributed by atoms with Gasteiger partial charge in [0, 0.05) is 25.7 Å². The third-order valence-corrected chi connectivity index (χ3v) is 19.1. The van der Waals surface area contributed by atoms with Crippen molar-refractivity contribution in [1.82, 2.24) is 0 Å².